The van der Waals surface area contributed by atoms with Crippen molar-refractivity contribution < 1.29 is 73.8 Å². The van der Waals surface area contributed by atoms with Gasteiger partial charge in [0.05, 0.1) is 77.9 Å². The summed E-state index contributed by atoms with van der Waals surface area (Å²) in [6, 6.07) is 6.99. The molecule has 70 heavy (non-hydrogen) atoms. The first-order valence-corrected chi connectivity index (χ1v) is 27.7. The maximum atomic E-state index is 16.5. The highest BCUT2D eigenvalue weighted by Gasteiger charge is 2.82. The first-order chi connectivity index (χ1) is 33.7. The normalized spacial score (nSPS) is 21.7. The number of carbonyl (C=O) groups is 2. The average molecular weight is 1070 g/mol. The lowest BCUT2D eigenvalue weighted by Gasteiger charge is -2.36. The van der Waals surface area contributed by atoms with Gasteiger partial charge in [-0.1, -0.05) is 52.4 Å². The van der Waals surface area contributed by atoms with Crippen LogP contribution in [0.2, 0.25) is 0 Å². The Bertz CT molecular complexity index is 2710. The number of unbranched alkanes of at least 4 members (excludes halogenated alkanes) is 6. The zero-order chi connectivity index (χ0) is 48.8. The number of hydrogen-bond acceptors (Lipinski definition) is 15. The molecular weight excluding hydrogens is 1020 g/mol. The molecule has 376 valence electrons. The van der Waals surface area contributed by atoms with Crippen molar-refractivity contribution in [1.82, 2.24) is 0 Å². The van der Waals surface area contributed by atoms with Crippen molar-refractivity contribution >= 4 is 68.8 Å². The van der Waals surface area contributed by atoms with Crippen molar-refractivity contribution in [3.05, 3.63) is 67.4 Å². The number of ketones is 1. The lowest BCUT2D eigenvalue weighted by molar-refractivity contribution is -0.387. The summed E-state index contributed by atoms with van der Waals surface area (Å²) in [7, 11) is 0. The van der Waals surface area contributed by atoms with Crippen LogP contribution in [0.15, 0.2) is 24.3 Å². The van der Waals surface area contributed by atoms with Gasteiger partial charge >= 0.3 is 18.3 Å². The van der Waals surface area contributed by atoms with Gasteiger partial charge in [0.25, 0.3) is 23.1 Å². The third kappa shape index (κ3) is 7.03. The molecule has 0 unspecified atom stereocenters. The number of Topliss-reactive ketones (excluding diaryl/α,β-unsaturated/α-hetero) is 1. The molecule has 5 aromatic rings. The minimum absolute atomic E-state index is 0.0609. The van der Waals surface area contributed by atoms with Crippen LogP contribution >= 0.6 is 56.7 Å². The molecule has 0 aromatic carbocycles. The lowest BCUT2D eigenvalue weighted by Crippen LogP contribution is -2.54. The number of halogens is 6. The molecule has 9 heterocycles. The predicted octanol–water partition coefficient (Wildman–Crippen LogP) is 13.3. The number of fused-ring (bicyclic) bond motifs is 6. The Kier molecular flexibility index (Phi) is 13.0. The number of thiophene rings is 5. The summed E-state index contributed by atoms with van der Waals surface area (Å²) < 4.78 is 142. The van der Waals surface area contributed by atoms with Gasteiger partial charge < -0.3 is 37.9 Å². The first kappa shape index (κ1) is 49.3. The molecule has 0 saturated carbocycles. The second-order valence-electron chi connectivity index (χ2n) is 18.0. The van der Waals surface area contributed by atoms with Gasteiger partial charge in [0, 0.05) is 46.0 Å². The van der Waals surface area contributed by atoms with Crippen LogP contribution in [0.1, 0.15) is 118 Å². The number of ether oxygens (including phenoxy) is 8. The van der Waals surface area contributed by atoms with Crippen LogP contribution in [0.25, 0.3) is 39.0 Å². The van der Waals surface area contributed by atoms with Crippen molar-refractivity contribution in [2.75, 3.05) is 52.9 Å². The van der Waals surface area contributed by atoms with Crippen LogP contribution in [-0.4, -0.2) is 83.2 Å². The van der Waals surface area contributed by atoms with E-state index < -0.39 is 52.8 Å². The second kappa shape index (κ2) is 18.5. The zero-order valence-corrected chi connectivity index (χ0v) is 42.2. The van der Waals surface area contributed by atoms with Crippen molar-refractivity contribution in [2.45, 2.75) is 119 Å². The first-order valence-electron chi connectivity index (χ1n) is 23.6. The summed E-state index contributed by atoms with van der Waals surface area (Å²) in [5, 5.41) is 0. The highest BCUT2D eigenvalue weighted by atomic mass is 32.1. The van der Waals surface area contributed by atoms with Crippen LogP contribution < -0.4 is 0 Å². The van der Waals surface area contributed by atoms with Gasteiger partial charge in [0.1, 0.15) is 0 Å². The van der Waals surface area contributed by atoms with Gasteiger partial charge in [-0.15, -0.1) is 56.7 Å². The standard InChI is InChI=1S/C49H48F6O10S5/c1-3-5-7-9-11-26-21-31(66-37(26)33-23-29-41(68-33)46(62-17-18-63-46)48(52,53)44(29)58-13-14-59-44)39-28(25-56)35(36(57)43(50)51)40(70-39)32-22-27(12-10-8-6-4-2)38(67-32)34-24-30-42(69-34)47(64-19-20-65-47)49(54,55)45(30)60-15-16-61-45/h21-25,43H,3-20H2,1-2H3. The van der Waals surface area contributed by atoms with Crippen molar-refractivity contribution in [2.24, 2.45) is 0 Å². The number of hydrogen-bond donors (Lipinski definition) is 0. The molecule has 4 spiro atoms. The van der Waals surface area contributed by atoms with Gasteiger partial charge in [0.15, 0.2) is 6.29 Å². The minimum Gasteiger partial charge on any atom is -0.339 e. The Morgan fingerprint density at radius 1 is 0.529 bits per heavy atom. The van der Waals surface area contributed by atoms with E-state index in [1.54, 1.807) is 12.1 Å². The van der Waals surface area contributed by atoms with Crippen LogP contribution in [0, 0.1) is 0 Å². The van der Waals surface area contributed by atoms with E-state index in [-0.39, 0.29) is 84.2 Å². The molecule has 0 radical (unpaired) electrons. The average Bonchev–Trinajstić information content (AvgIpc) is 4.19. The summed E-state index contributed by atoms with van der Waals surface area (Å²) in [6.07, 6.45) is 5.44. The van der Waals surface area contributed by atoms with Gasteiger partial charge in [-0.25, -0.2) is 8.78 Å². The lowest BCUT2D eigenvalue weighted by atomic mass is 10.0. The molecule has 11 rings (SSSR count). The molecule has 21 heteroatoms. The third-order valence-corrected chi connectivity index (χ3v) is 20.5. The van der Waals surface area contributed by atoms with Gasteiger partial charge in [0.2, 0.25) is 5.78 Å². The molecule has 5 aromatic heterocycles. The SMILES string of the molecule is CCCCCCc1cc(-c2sc(-c3cc(CCCCCC)c(-c4cc5c(s4)C4(OCCO4)C(F)(F)C54OCCO4)s3)c(C(=O)C(F)F)c2C=O)sc1-c1cc2c(s1)C1(OCCO1)C(F)(F)C21OCCO1. The maximum absolute atomic E-state index is 16.5. The van der Waals surface area contributed by atoms with E-state index in [0.29, 0.717) is 53.3 Å². The molecular formula is C49H48F6O10S5. The highest BCUT2D eigenvalue weighted by Crippen LogP contribution is 2.69. The van der Waals surface area contributed by atoms with E-state index in [0.717, 1.165) is 96.5 Å². The summed E-state index contributed by atoms with van der Waals surface area (Å²) >= 11 is 5.71. The molecule has 4 fully saturated rings. The Morgan fingerprint density at radius 3 is 1.30 bits per heavy atom. The van der Waals surface area contributed by atoms with E-state index in [1.165, 1.54) is 22.7 Å². The summed E-state index contributed by atoms with van der Waals surface area (Å²) in [5.74, 6) is -18.7. The fourth-order valence-corrected chi connectivity index (χ4v) is 17.5. The molecule has 0 bridgehead atoms. The quantitative estimate of drug-likeness (QED) is 0.0387. The molecule has 2 aliphatic carbocycles. The van der Waals surface area contributed by atoms with Crippen LogP contribution in [0.4, 0.5) is 26.3 Å². The molecule has 0 amide bonds. The second-order valence-corrected chi connectivity index (χ2v) is 23.2. The Hall–Kier alpha value is -2.90. The van der Waals surface area contributed by atoms with E-state index in [4.69, 9.17) is 37.9 Å². The van der Waals surface area contributed by atoms with Gasteiger partial charge in [-0.2, -0.15) is 17.6 Å². The van der Waals surface area contributed by atoms with Crippen LogP contribution in [-0.2, 0) is 73.9 Å². The smallest absolute Gasteiger partial charge is 0.339 e. The molecule has 10 nitrogen and oxygen atoms in total. The van der Waals surface area contributed by atoms with Gasteiger partial charge in [-0.3, -0.25) is 9.59 Å². The Labute approximate surface area is 419 Å². The number of alkyl halides is 6. The molecule has 6 aliphatic rings. The Balaban J connectivity index is 1.05. The largest absolute Gasteiger partial charge is 0.363 e. The number of aldehydes is 1. The van der Waals surface area contributed by atoms with E-state index in [9.17, 15) is 18.4 Å². The van der Waals surface area contributed by atoms with Crippen molar-refractivity contribution in [3.63, 3.8) is 0 Å². The van der Waals surface area contributed by atoms with Crippen LogP contribution in [0.3, 0.4) is 0 Å². The molecule has 0 N–H and O–H groups in total. The fourth-order valence-electron chi connectivity index (χ4n) is 10.6. The summed E-state index contributed by atoms with van der Waals surface area (Å²) in [4.78, 5) is 31.4. The molecule has 4 aliphatic heterocycles. The minimum atomic E-state index is -3.73. The van der Waals surface area contributed by atoms with E-state index in [1.807, 2.05) is 12.1 Å². The van der Waals surface area contributed by atoms with Crippen molar-refractivity contribution in [3.8, 4) is 39.0 Å². The van der Waals surface area contributed by atoms with Gasteiger partial charge in [-0.05, 0) is 61.1 Å². The summed E-state index contributed by atoms with van der Waals surface area (Å²) in [6.45, 7) is 3.66. The zero-order valence-electron chi connectivity index (χ0n) is 38.1. The van der Waals surface area contributed by atoms with E-state index >= 15 is 17.6 Å². The van der Waals surface area contributed by atoms with Crippen LogP contribution in [0.5, 0.6) is 0 Å². The number of rotatable bonds is 17. The highest BCUT2D eigenvalue weighted by molar-refractivity contribution is 7.30. The number of carbonyl (C=O) groups excluding carboxylic acids is 2. The topological polar surface area (TPSA) is 108 Å². The monoisotopic (exact) mass is 1070 g/mol. The van der Waals surface area contributed by atoms with E-state index in [2.05, 4.69) is 13.8 Å². The Morgan fingerprint density at radius 2 is 0.914 bits per heavy atom. The maximum Gasteiger partial charge on any atom is 0.363 e. The molecule has 0 atom stereocenters. The molecule has 4 saturated heterocycles. The van der Waals surface area contributed by atoms with Crippen molar-refractivity contribution in [1.29, 1.82) is 0 Å². The third-order valence-electron chi connectivity index (χ3n) is 13.8. The number of aryl methyl sites for hydroxylation is 2. The fraction of sp³-hybridized carbons (Fsp3) is 0.551. The predicted molar refractivity (Wildman–Crippen MR) is 253 cm³/mol. The summed E-state index contributed by atoms with van der Waals surface area (Å²) in [5.41, 5.74) is 1.28.